The Morgan fingerprint density at radius 3 is 2.83 bits per heavy atom. The molecule has 1 aromatic carbocycles. The van der Waals surface area contributed by atoms with E-state index in [0.29, 0.717) is 6.54 Å². The topological polar surface area (TPSA) is 61.8 Å². The lowest BCUT2D eigenvalue weighted by Gasteiger charge is -2.37. The summed E-state index contributed by atoms with van der Waals surface area (Å²) < 4.78 is 5.34. The van der Waals surface area contributed by atoms with Gasteiger partial charge in [0.15, 0.2) is 0 Å². The Bertz CT molecular complexity index is 1060. The van der Waals surface area contributed by atoms with Crippen LogP contribution in [-0.4, -0.2) is 67.2 Å². The van der Waals surface area contributed by atoms with Crippen LogP contribution in [-0.2, 0) is 11.2 Å². The van der Waals surface area contributed by atoms with E-state index in [1.165, 1.54) is 5.56 Å². The first-order valence-electron chi connectivity index (χ1n) is 10.4. The summed E-state index contributed by atoms with van der Waals surface area (Å²) in [6.07, 6.45) is 3.63. The van der Waals surface area contributed by atoms with Gasteiger partial charge in [0.25, 0.3) is 0 Å². The van der Waals surface area contributed by atoms with Gasteiger partial charge in [0, 0.05) is 38.4 Å². The van der Waals surface area contributed by atoms with Gasteiger partial charge in [-0.05, 0) is 48.1 Å². The van der Waals surface area contributed by atoms with E-state index in [-0.39, 0.29) is 5.91 Å². The maximum atomic E-state index is 13.1. The van der Waals surface area contributed by atoms with Crippen LogP contribution in [0.1, 0.15) is 12.0 Å². The van der Waals surface area contributed by atoms with Crippen LogP contribution in [0.15, 0.2) is 36.0 Å². The number of hydrogen-bond acceptors (Lipinski definition) is 7. The van der Waals surface area contributed by atoms with Crippen molar-refractivity contribution in [3.05, 3.63) is 41.5 Å². The van der Waals surface area contributed by atoms with Crippen LogP contribution in [0.3, 0.4) is 0 Å². The molecule has 2 aromatic heterocycles. The van der Waals surface area contributed by atoms with Gasteiger partial charge in [0.05, 0.1) is 19.0 Å². The van der Waals surface area contributed by atoms with Crippen LogP contribution < -0.4 is 14.5 Å². The molecule has 0 aliphatic carbocycles. The van der Waals surface area contributed by atoms with Crippen LogP contribution in [0.5, 0.6) is 5.75 Å². The first kappa shape index (κ1) is 19.3. The van der Waals surface area contributed by atoms with Crippen LogP contribution in [0.2, 0.25) is 0 Å². The summed E-state index contributed by atoms with van der Waals surface area (Å²) in [5.41, 5.74) is 2.23. The van der Waals surface area contributed by atoms with Crippen molar-refractivity contribution >= 4 is 39.0 Å². The predicted molar refractivity (Wildman–Crippen MR) is 120 cm³/mol. The fraction of sp³-hybridized carbons (Fsp3) is 0.409. The first-order valence-corrected chi connectivity index (χ1v) is 11.2. The third-order valence-electron chi connectivity index (χ3n) is 5.98. The molecule has 1 amide bonds. The van der Waals surface area contributed by atoms with E-state index in [2.05, 4.69) is 37.3 Å². The number of hydrogen-bond donors (Lipinski definition) is 0. The van der Waals surface area contributed by atoms with Crippen molar-refractivity contribution in [3.63, 3.8) is 0 Å². The minimum absolute atomic E-state index is 0.178. The number of methoxy groups -OCH3 is 1. The molecule has 0 atom stereocenters. The highest BCUT2D eigenvalue weighted by molar-refractivity contribution is 7.16. The number of carbonyl (C=O) groups is 1. The SMILES string of the molecule is COc1ccc2c(c1)CCCN2C(=O)CN1CCN(c2ncnc3sccc23)CC1. The van der Waals surface area contributed by atoms with Crippen LogP contribution >= 0.6 is 11.3 Å². The van der Waals surface area contributed by atoms with Crippen molar-refractivity contribution in [2.24, 2.45) is 0 Å². The molecule has 1 saturated heterocycles. The van der Waals surface area contributed by atoms with Gasteiger partial charge < -0.3 is 14.5 Å². The Morgan fingerprint density at radius 1 is 1.13 bits per heavy atom. The minimum Gasteiger partial charge on any atom is -0.497 e. The molecule has 0 spiro atoms. The molecule has 30 heavy (non-hydrogen) atoms. The number of benzene rings is 1. The fourth-order valence-corrected chi connectivity index (χ4v) is 5.11. The average molecular weight is 424 g/mol. The molecule has 156 valence electrons. The fourth-order valence-electron chi connectivity index (χ4n) is 4.38. The summed E-state index contributed by atoms with van der Waals surface area (Å²) in [6, 6.07) is 8.11. The predicted octanol–water partition coefficient (Wildman–Crippen LogP) is 2.80. The molecule has 7 nitrogen and oxygen atoms in total. The second-order valence-electron chi connectivity index (χ2n) is 7.74. The van der Waals surface area contributed by atoms with E-state index in [1.807, 2.05) is 17.0 Å². The van der Waals surface area contributed by atoms with E-state index < -0.39 is 0 Å². The van der Waals surface area contributed by atoms with Crippen molar-refractivity contribution < 1.29 is 9.53 Å². The number of anilines is 2. The van der Waals surface area contributed by atoms with Crippen molar-refractivity contribution in [1.82, 2.24) is 14.9 Å². The lowest BCUT2D eigenvalue weighted by atomic mass is 10.0. The van der Waals surface area contributed by atoms with Gasteiger partial charge in [-0.1, -0.05) is 0 Å². The third kappa shape index (κ3) is 3.61. The molecular formula is C22H25N5O2S. The molecule has 2 aliphatic rings. The molecule has 0 saturated carbocycles. The van der Waals surface area contributed by atoms with Crippen LogP contribution in [0, 0.1) is 0 Å². The Balaban J connectivity index is 1.23. The first-order chi connectivity index (χ1) is 14.7. The standard InChI is InChI=1S/C22H25N5O2S/c1-29-17-4-5-19-16(13-17)3-2-7-27(19)20(28)14-25-8-10-26(11-9-25)21-18-6-12-30-22(18)24-15-23-21/h4-6,12-13,15H,2-3,7-11,14H2,1H3. The number of thiophene rings is 1. The van der Waals surface area contributed by atoms with E-state index in [0.717, 1.165) is 73.0 Å². The number of aryl methyl sites for hydroxylation is 1. The highest BCUT2D eigenvalue weighted by Gasteiger charge is 2.27. The summed E-state index contributed by atoms with van der Waals surface area (Å²) in [7, 11) is 1.68. The number of piperazine rings is 1. The molecule has 2 aliphatic heterocycles. The van der Waals surface area contributed by atoms with Crippen molar-refractivity contribution in [2.45, 2.75) is 12.8 Å². The average Bonchev–Trinajstić information content (AvgIpc) is 3.28. The minimum atomic E-state index is 0.178. The second kappa shape index (κ2) is 8.20. The van der Waals surface area contributed by atoms with Gasteiger partial charge in [0.2, 0.25) is 5.91 Å². The Morgan fingerprint density at radius 2 is 2.00 bits per heavy atom. The summed E-state index contributed by atoms with van der Waals surface area (Å²) in [5, 5.41) is 3.18. The number of amides is 1. The Kier molecular flexibility index (Phi) is 5.26. The van der Waals surface area contributed by atoms with Crippen molar-refractivity contribution in [1.29, 1.82) is 0 Å². The summed E-state index contributed by atoms with van der Waals surface area (Å²) in [4.78, 5) is 29.5. The molecular weight excluding hydrogens is 398 g/mol. The molecule has 8 heteroatoms. The molecule has 4 heterocycles. The maximum Gasteiger partial charge on any atom is 0.241 e. The van der Waals surface area contributed by atoms with E-state index in [4.69, 9.17) is 4.74 Å². The summed E-state index contributed by atoms with van der Waals surface area (Å²) in [6.45, 7) is 4.67. The lowest BCUT2D eigenvalue weighted by molar-refractivity contribution is -0.119. The third-order valence-corrected chi connectivity index (χ3v) is 6.80. The van der Waals surface area contributed by atoms with E-state index >= 15 is 0 Å². The number of carbonyl (C=O) groups excluding carboxylic acids is 1. The second-order valence-corrected chi connectivity index (χ2v) is 8.64. The Hall–Kier alpha value is -2.71. The molecule has 0 unspecified atom stereocenters. The monoisotopic (exact) mass is 423 g/mol. The summed E-state index contributed by atoms with van der Waals surface area (Å²) >= 11 is 1.64. The smallest absolute Gasteiger partial charge is 0.241 e. The largest absolute Gasteiger partial charge is 0.497 e. The van der Waals surface area contributed by atoms with E-state index in [1.54, 1.807) is 24.8 Å². The maximum absolute atomic E-state index is 13.1. The van der Waals surface area contributed by atoms with Gasteiger partial charge in [-0.15, -0.1) is 11.3 Å². The highest BCUT2D eigenvalue weighted by atomic mass is 32.1. The van der Waals surface area contributed by atoms with Crippen LogP contribution in [0.4, 0.5) is 11.5 Å². The quantitative estimate of drug-likeness (QED) is 0.643. The number of rotatable bonds is 4. The molecule has 3 aromatic rings. The van der Waals surface area contributed by atoms with Gasteiger partial charge in [0.1, 0.15) is 22.7 Å². The highest BCUT2D eigenvalue weighted by Crippen LogP contribution is 2.31. The van der Waals surface area contributed by atoms with Gasteiger partial charge in [-0.2, -0.15) is 0 Å². The van der Waals surface area contributed by atoms with Gasteiger partial charge >= 0.3 is 0 Å². The molecule has 0 N–H and O–H groups in total. The van der Waals surface area contributed by atoms with E-state index in [9.17, 15) is 4.79 Å². The zero-order chi connectivity index (χ0) is 20.5. The Labute approximate surface area is 179 Å². The zero-order valence-electron chi connectivity index (χ0n) is 17.1. The number of fused-ring (bicyclic) bond motifs is 2. The molecule has 0 radical (unpaired) electrons. The lowest BCUT2D eigenvalue weighted by Crippen LogP contribution is -2.51. The molecule has 0 bridgehead atoms. The number of ether oxygens (including phenoxy) is 1. The number of nitrogens with zero attached hydrogens (tertiary/aromatic N) is 5. The zero-order valence-corrected chi connectivity index (χ0v) is 17.9. The normalized spacial score (nSPS) is 17.2. The van der Waals surface area contributed by atoms with Crippen molar-refractivity contribution in [2.75, 3.05) is 56.2 Å². The van der Waals surface area contributed by atoms with Gasteiger partial charge in [-0.3, -0.25) is 9.69 Å². The van der Waals surface area contributed by atoms with Crippen LogP contribution in [0.25, 0.3) is 10.2 Å². The summed E-state index contributed by atoms with van der Waals surface area (Å²) in [5.74, 6) is 2.03. The van der Waals surface area contributed by atoms with Crippen molar-refractivity contribution in [3.8, 4) is 5.75 Å². The van der Waals surface area contributed by atoms with Gasteiger partial charge in [-0.25, -0.2) is 9.97 Å². The number of aromatic nitrogens is 2. The molecule has 5 rings (SSSR count). The molecule has 1 fully saturated rings.